The summed E-state index contributed by atoms with van der Waals surface area (Å²) in [5.41, 5.74) is 6.43. The van der Waals surface area contributed by atoms with Gasteiger partial charge in [0, 0.05) is 16.8 Å². The van der Waals surface area contributed by atoms with E-state index in [0.717, 1.165) is 4.88 Å². The fourth-order valence-corrected chi connectivity index (χ4v) is 2.54. The van der Waals surface area contributed by atoms with Crippen LogP contribution in [-0.4, -0.2) is 10.9 Å². The third-order valence-corrected chi connectivity index (χ3v) is 3.80. The van der Waals surface area contributed by atoms with Crippen molar-refractivity contribution in [3.63, 3.8) is 0 Å². The summed E-state index contributed by atoms with van der Waals surface area (Å²) in [6.45, 7) is 1.90. The number of nitrogens with two attached hydrogens (primary N) is 1. The van der Waals surface area contributed by atoms with E-state index >= 15 is 0 Å². The first-order chi connectivity index (χ1) is 8.56. The Kier molecular flexibility index (Phi) is 3.84. The second-order valence-corrected chi connectivity index (χ2v) is 5.56. The van der Waals surface area contributed by atoms with E-state index in [2.05, 4.69) is 10.3 Å². The first-order valence-corrected chi connectivity index (χ1v) is 6.53. The van der Waals surface area contributed by atoms with Crippen molar-refractivity contribution in [1.29, 1.82) is 0 Å². The van der Waals surface area contributed by atoms with Crippen molar-refractivity contribution in [1.82, 2.24) is 10.3 Å². The molecule has 0 aliphatic carbocycles. The van der Waals surface area contributed by atoms with Gasteiger partial charge in [-0.05, 0) is 31.2 Å². The number of nitrogens with zero attached hydrogens (tertiary/aromatic N) is 1. The lowest BCUT2D eigenvalue weighted by molar-refractivity contribution is 0.0935. The maximum absolute atomic E-state index is 11.9. The number of carbonyl (C=O) groups is 1. The van der Waals surface area contributed by atoms with Crippen molar-refractivity contribution in [2.24, 2.45) is 0 Å². The van der Waals surface area contributed by atoms with Crippen molar-refractivity contribution in [3.8, 4) is 0 Å². The molecule has 0 saturated heterocycles. The van der Waals surface area contributed by atoms with Crippen LogP contribution in [0.4, 0.5) is 5.69 Å². The van der Waals surface area contributed by atoms with E-state index in [9.17, 15) is 4.79 Å². The van der Waals surface area contributed by atoms with Gasteiger partial charge < -0.3 is 11.1 Å². The predicted octanol–water partition coefficient (Wildman–Crippen LogP) is 2.87. The molecule has 1 atom stereocenters. The van der Waals surface area contributed by atoms with Crippen LogP contribution in [0, 0.1) is 0 Å². The number of halogens is 1. The summed E-state index contributed by atoms with van der Waals surface area (Å²) in [5, 5.41) is 2.85. The topological polar surface area (TPSA) is 68.0 Å². The third kappa shape index (κ3) is 3.00. The zero-order valence-electron chi connectivity index (χ0n) is 9.68. The van der Waals surface area contributed by atoms with E-state index in [4.69, 9.17) is 17.3 Å². The van der Waals surface area contributed by atoms with Gasteiger partial charge in [-0.2, -0.15) is 0 Å². The molecule has 0 aliphatic heterocycles. The van der Waals surface area contributed by atoms with Crippen LogP contribution < -0.4 is 11.1 Å². The first kappa shape index (κ1) is 12.9. The zero-order valence-corrected chi connectivity index (χ0v) is 11.3. The third-order valence-electron chi connectivity index (χ3n) is 2.38. The summed E-state index contributed by atoms with van der Waals surface area (Å²) in [7, 11) is 0. The average molecular weight is 282 g/mol. The van der Waals surface area contributed by atoms with E-state index < -0.39 is 0 Å². The molecule has 0 saturated carbocycles. The number of amides is 1. The molecule has 0 aromatic carbocycles. The van der Waals surface area contributed by atoms with Crippen LogP contribution in [0.3, 0.4) is 0 Å². The highest BCUT2D eigenvalue weighted by atomic mass is 35.5. The number of aromatic nitrogens is 1. The molecular weight excluding hydrogens is 270 g/mol. The van der Waals surface area contributed by atoms with Crippen molar-refractivity contribution in [2.45, 2.75) is 13.0 Å². The molecule has 0 spiro atoms. The standard InChI is InChI=1S/C12H12ClN3OS/c1-7(10-2-3-11(13)18-10)16-12(17)9-6-8(14)4-5-15-9/h2-7H,1H3,(H2,14,15)(H,16,17). The van der Waals surface area contributed by atoms with E-state index in [1.807, 2.05) is 19.1 Å². The maximum atomic E-state index is 11.9. The molecule has 0 bridgehead atoms. The van der Waals surface area contributed by atoms with Crippen LogP contribution in [0.15, 0.2) is 30.5 Å². The second kappa shape index (κ2) is 5.37. The summed E-state index contributed by atoms with van der Waals surface area (Å²) in [6.07, 6.45) is 1.51. The van der Waals surface area contributed by atoms with Crippen molar-refractivity contribution in [2.75, 3.05) is 5.73 Å². The summed E-state index contributed by atoms with van der Waals surface area (Å²) in [5.74, 6) is -0.251. The molecule has 18 heavy (non-hydrogen) atoms. The van der Waals surface area contributed by atoms with Gasteiger partial charge in [0.15, 0.2) is 0 Å². The molecule has 4 nitrogen and oxygen atoms in total. The lowest BCUT2D eigenvalue weighted by atomic mass is 10.2. The summed E-state index contributed by atoms with van der Waals surface area (Å²) >= 11 is 7.30. The number of thiophene rings is 1. The highest BCUT2D eigenvalue weighted by Gasteiger charge is 2.14. The van der Waals surface area contributed by atoms with Gasteiger partial charge in [-0.3, -0.25) is 9.78 Å². The molecule has 2 heterocycles. The molecule has 0 fully saturated rings. The van der Waals surface area contributed by atoms with Crippen LogP contribution >= 0.6 is 22.9 Å². The van der Waals surface area contributed by atoms with Crippen molar-refractivity contribution < 1.29 is 4.79 Å². The number of nitrogens with one attached hydrogen (secondary N) is 1. The molecule has 6 heteroatoms. The number of hydrogen-bond acceptors (Lipinski definition) is 4. The fourth-order valence-electron chi connectivity index (χ4n) is 1.47. The van der Waals surface area contributed by atoms with Crippen LogP contribution in [0.5, 0.6) is 0 Å². The largest absolute Gasteiger partial charge is 0.399 e. The second-order valence-electron chi connectivity index (χ2n) is 3.81. The molecule has 0 radical (unpaired) electrons. The number of pyridine rings is 1. The lowest BCUT2D eigenvalue weighted by Gasteiger charge is -2.11. The number of nitrogen functional groups attached to an aromatic ring is 1. The number of rotatable bonds is 3. The normalized spacial score (nSPS) is 12.1. The highest BCUT2D eigenvalue weighted by Crippen LogP contribution is 2.26. The smallest absolute Gasteiger partial charge is 0.270 e. The van der Waals surface area contributed by atoms with Gasteiger partial charge in [0.2, 0.25) is 0 Å². The number of carbonyl (C=O) groups excluding carboxylic acids is 1. The van der Waals surface area contributed by atoms with Gasteiger partial charge >= 0.3 is 0 Å². The maximum Gasteiger partial charge on any atom is 0.270 e. The fraction of sp³-hybridized carbons (Fsp3) is 0.167. The monoisotopic (exact) mass is 281 g/mol. The van der Waals surface area contributed by atoms with Gasteiger partial charge in [0.1, 0.15) is 5.69 Å². The molecule has 1 amide bonds. The van der Waals surface area contributed by atoms with Crippen LogP contribution in [0.1, 0.15) is 28.3 Å². The lowest BCUT2D eigenvalue weighted by Crippen LogP contribution is -2.26. The summed E-state index contributed by atoms with van der Waals surface area (Å²) in [4.78, 5) is 16.9. The van der Waals surface area contributed by atoms with Gasteiger partial charge in [0.05, 0.1) is 10.4 Å². The molecular formula is C12H12ClN3OS. The van der Waals surface area contributed by atoms with E-state index in [0.29, 0.717) is 15.7 Å². The Labute approximate surface area is 114 Å². The molecule has 2 aromatic rings. The Morgan fingerprint density at radius 3 is 2.89 bits per heavy atom. The summed E-state index contributed by atoms with van der Waals surface area (Å²) < 4.78 is 0.702. The van der Waals surface area contributed by atoms with Gasteiger partial charge in [-0.1, -0.05) is 11.6 Å². The minimum absolute atomic E-state index is 0.113. The van der Waals surface area contributed by atoms with Gasteiger partial charge in [-0.15, -0.1) is 11.3 Å². The Morgan fingerprint density at radius 2 is 2.28 bits per heavy atom. The van der Waals surface area contributed by atoms with Crippen LogP contribution in [0.25, 0.3) is 0 Å². The van der Waals surface area contributed by atoms with E-state index in [1.54, 1.807) is 12.1 Å². The highest BCUT2D eigenvalue weighted by molar-refractivity contribution is 7.16. The molecule has 94 valence electrons. The van der Waals surface area contributed by atoms with Gasteiger partial charge in [-0.25, -0.2) is 0 Å². The Hall–Kier alpha value is -1.59. The van der Waals surface area contributed by atoms with Crippen LogP contribution in [-0.2, 0) is 0 Å². The molecule has 1 unspecified atom stereocenters. The number of hydrogen-bond donors (Lipinski definition) is 2. The molecule has 2 rings (SSSR count). The molecule has 2 aromatic heterocycles. The van der Waals surface area contributed by atoms with E-state index in [-0.39, 0.29) is 11.9 Å². The summed E-state index contributed by atoms with van der Waals surface area (Å²) in [6, 6.07) is 6.77. The number of anilines is 1. The Morgan fingerprint density at radius 1 is 1.50 bits per heavy atom. The zero-order chi connectivity index (χ0) is 13.1. The van der Waals surface area contributed by atoms with Gasteiger partial charge in [0.25, 0.3) is 5.91 Å². The average Bonchev–Trinajstić information content (AvgIpc) is 2.76. The Bertz CT molecular complexity index is 570. The van der Waals surface area contributed by atoms with Crippen molar-refractivity contribution >= 4 is 34.5 Å². The van der Waals surface area contributed by atoms with E-state index in [1.165, 1.54) is 17.5 Å². The predicted molar refractivity (Wildman–Crippen MR) is 73.9 cm³/mol. The quantitative estimate of drug-likeness (QED) is 0.909. The first-order valence-electron chi connectivity index (χ1n) is 5.34. The SMILES string of the molecule is CC(NC(=O)c1cc(N)ccn1)c1ccc(Cl)s1. The minimum atomic E-state index is -0.251. The molecule has 3 N–H and O–H groups in total. The molecule has 0 aliphatic rings. The Balaban J connectivity index is 2.08. The minimum Gasteiger partial charge on any atom is -0.399 e. The van der Waals surface area contributed by atoms with Crippen LogP contribution in [0.2, 0.25) is 4.34 Å². The van der Waals surface area contributed by atoms with Crippen molar-refractivity contribution in [3.05, 3.63) is 45.4 Å².